The van der Waals surface area contributed by atoms with E-state index in [4.69, 9.17) is 30.5 Å². The summed E-state index contributed by atoms with van der Waals surface area (Å²) in [6.45, 7) is 4.71. The molecule has 2 fully saturated rings. The number of nitrogens with zero attached hydrogens (tertiary/aromatic N) is 5. The van der Waals surface area contributed by atoms with Gasteiger partial charge < -0.3 is 23.8 Å². The number of aromatic nitrogens is 4. The van der Waals surface area contributed by atoms with Crippen molar-refractivity contribution in [3.63, 3.8) is 0 Å². The van der Waals surface area contributed by atoms with Gasteiger partial charge in [-0.3, -0.25) is 19.0 Å². The first-order valence-corrected chi connectivity index (χ1v) is 14.4. The molecule has 4 unspecified atom stereocenters. The lowest BCUT2D eigenvalue weighted by molar-refractivity contribution is -0.166. The van der Waals surface area contributed by atoms with Crippen molar-refractivity contribution >= 4 is 46.5 Å². The first-order valence-electron chi connectivity index (χ1n) is 14.1. The Kier molecular flexibility index (Phi) is 7.95. The van der Waals surface area contributed by atoms with Crippen LogP contribution in [0.25, 0.3) is 11.2 Å². The molecule has 0 saturated carbocycles. The highest BCUT2D eigenvalue weighted by molar-refractivity contribution is 6.28. The van der Waals surface area contributed by atoms with Crippen LogP contribution in [-0.2, 0) is 38.7 Å². The molecule has 0 N–H and O–H groups in total. The van der Waals surface area contributed by atoms with Gasteiger partial charge in [-0.1, -0.05) is 60.7 Å². The van der Waals surface area contributed by atoms with Gasteiger partial charge in [0.2, 0.25) is 5.28 Å². The van der Waals surface area contributed by atoms with Crippen LogP contribution in [0.3, 0.4) is 0 Å². The minimum Gasteiger partial charge on any atom is -0.463 e. The van der Waals surface area contributed by atoms with Gasteiger partial charge in [-0.15, -0.1) is 0 Å². The summed E-state index contributed by atoms with van der Waals surface area (Å²) < 4.78 is 24.0. The Bertz CT molecular complexity index is 1650. The Balaban J connectivity index is 1.37. The van der Waals surface area contributed by atoms with E-state index in [-0.39, 0.29) is 17.3 Å². The molecule has 0 amide bonds. The minimum atomic E-state index is -1.10. The molecule has 0 aliphatic carbocycles. The van der Waals surface area contributed by atoms with Crippen LogP contribution in [-0.4, -0.2) is 75.4 Å². The monoisotopic (exact) mass is 619 g/mol. The van der Waals surface area contributed by atoms with Gasteiger partial charge in [0.15, 0.2) is 35.4 Å². The predicted octanol–water partition coefficient (Wildman–Crippen LogP) is 3.61. The number of ether oxygens (including phenoxy) is 4. The number of carbonyl (C=O) groups is 3. The Hall–Kier alpha value is -4.55. The number of esters is 3. The zero-order chi connectivity index (χ0) is 31.0. The van der Waals surface area contributed by atoms with Crippen molar-refractivity contribution in [2.75, 3.05) is 24.6 Å². The quantitative estimate of drug-likeness (QED) is 0.163. The molecule has 4 aromatic rings. The summed E-state index contributed by atoms with van der Waals surface area (Å²) in [5, 5.41) is -0.0128. The van der Waals surface area contributed by atoms with Gasteiger partial charge in [0.25, 0.3) is 0 Å². The van der Waals surface area contributed by atoms with Crippen molar-refractivity contribution in [3.05, 3.63) is 83.4 Å². The summed E-state index contributed by atoms with van der Waals surface area (Å²) in [6.07, 6.45) is -2.64. The van der Waals surface area contributed by atoms with Crippen LogP contribution >= 0.6 is 11.6 Å². The molecule has 0 radical (unpaired) electrons. The largest absolute Gasteiger partial charge is 0.463 e. The summed E-state index contributed by atoms with van der Waals surface area (Å²) >= 11 is 6.48. The lowest BCUT2D eigenvalue weighted by Crippen LogP contribution is -2.60. The molecule has 228 valence electrons. The third-order valence-electron chi connectivity index (χ3n) is 7.86. The van der Waals surface area contributed by atoms with E-state index in [0.29, 0.717) is 30.1 Å². The lowest BCUT2D eigenvalue weighted by Gasteiger charge is -2.51. The zero-order valence-electron chi connectivity index (χ0n) is 24.3. The highest BCUT2D eigenvalue weighted by atomic mass is 35.5. The molecule has 2 aromatic heterocycles. The number of fused-ring (bicyclic) bond motifs is 1. The van der Waals surface area contributed by atoms with Gasteiger partial charge in [-0.25, -0.2) is 4.98 Å². The van der Waals surface area contributed by atoms with Crippen LogP contribution in [0.4, 0.5) is 5.82 Å². The SMILES string of the molecule is CC(=O)OCC1OC(n2cnc3c(N4CC(c5ccccc5)(c5ccccc5)C4)nc(Cl)nc32)C(OC(C)=O)C1OC(C)=O. The number of carbonyl (C=O) groups excluding carboxylic acids is 3. The van der Waals surface area contributed by atoms with Crippen LogP contribution < -0.4 is 4.90 Å². The van der Waals surface area contributed by atoms with Crippen molar-refractivity contribution in [2.24, 2.45) is 0 Å². The lowest BCUT2D eigenvalue weighted by atomic mass is 9.68. The second kappa shape index (κ2) is 11.9. The average Bonchev–Trinajstić information content (AvgIpc) is 3.53. The maximum absolute atomic E-state index is 12.1. The van der Waals surface area contributed by atoms with Crippen molar-refractivity contribution < 1.29 is 33.3 Å². The number of hydrogen-bond donors (Lipinski definition) is 0. The molecule has 44 heavy (non-hydrogen) atoms. The van der Waals surface area contributed by atoms with Gasteiger partial charge >= 0.3 is 17.9 Å². The molecule has 4 heterocycles. The Morgan fingerprint density at radius 3 is 2.05 bits per heavy atom. The number of anilines is 1. The number of benzene rings is 2. The molecular weight excluding hydrogens is 590 g/mol. The van der Waals surface area contributed by atoms with E-state index in [2.05, 4.69) is 44.1 Å². The van der Waals surface area contributed by atoms with Crippen molar-refractivity contribution in [1.82, 2.24) is 19.5 Å². The standard InChI is InChI=1S/C31H30ClN5O7/c1-18(38)41-14-23-25(42-19(2)39)26(43-20(3)40)29(44-23)37-17-33-24-27(34-30(32)35-28(24)37)36-15-31(16-36,21-10-6-4-7-11-21)22-12-8-5-9-13-22/h4-13,17,23,25-26,29H,14-16H2,1-3H3. The average molecular weight is 620 g/mol. The molecule has 2 aromatic carbocycles. The van der Waals surface area contributed by atoms with E-state index < -0.39 is 42.4 Å². The van der Waals surface area contributed by atoms with Crippen molar-refractivity contribution in [1.29, 1.82) is 0 Å². The molecule has 6 rings (SSSR count). The van der Waals surface area contributed by atoms with Crippen LogP contribution in [0.1, 0.15) is 38.1 Å². The van der Waals surface area contributed by atoms with E-state index in [9.17, 15) is 14.4 Å². The van der Waals surface area contributed by atoms with Crippen LogP contribution in [0.2, 0.25) is 5.28 Å². The number of hydrogen-bond acceptors (Lipinski definition) is 11. The van der Waals surface area contributed by atoms with Crippen LogP contribution in [0, 0.1) is 0 Å². The fourth-order valence-electron chi connectivity index (χ4n) is 6.00. The summed E-state index contributed by atoms with van der Waals surface area (Å²) in [5.41, 5.74) is 2.88. The number of halogens is 1. The predicted molar refractivity (Wildman–Crippen MR) is 158 cm³/mol. The maximum atomic E-state index is 12.1. The normalized spacial score (nSPS) is 22.3. The topological polar surface area (TPSA) is 135 Å². The molecule has 2 aliphatic rings. The first kappa shape index (κ1) is 29.5. The molecule has 13 heteroatoms. The summed E-state index contributed by atoms with van der Waals surface area (Å²) in [4.78, 5) is 51.4. The summed E-state index contributed by atoms with van der Waals surface area (Å²) in [6, 6.07) is 20.6. The Labute approximate surface area is 257 Å². The van der Waals surface area contributed by atoms with Crippen LogP contribution in [0.15, 0.2) is 67.0 Å². The molecule has 12 nitrogen and oxygen atoms in total. The second-order valence-electron chi connectivity index (χ2n) is 10.8. The summed E-state index contributed by atoms with van der Waals surface area (Å²) in [5.74, 6) is -1.25. The second-order valence-corrected chi connectivity index (χ2v) is 11.2. The van der Waals surface area contributed by atoms with E-state index in [1.54, 1.807) is 4.57 Å². The third-order valence-corrected chi connectivity index (χ3v) is 8.03. The van der Waals surface area contributed by atoms with Gasteiger partial charge in [-0.2, -0.15) is 9.97 Å². The van der Waals surface area contributed by atoms with Gasteiger partial charge in [0.05, 0.1) is 11.7 Å². The number of imidazole rings is 1. The highest BCUT2D eigenvalue weighted by Crippen LogP contribution is 2.44. The zero-order valence-corrected chi connectivity index (χ0v) is 25.0. The highest BCUT2D eigenvalue weighted by Gasteiger charge is 2.52. The van der Waals surface area contributed by atoms with Gasteiger partial charge in [0.1, 0.15) is 12.7 Å². The minimum absolute atomic E-state index is 0.0128. The van der Waals surface area contributed by atoms with E-state index in [1.807, 2.05) is 36.4 Å². The Morgan fingerprint density at radius 2 is 1.48 bits per heavy atom. The van der Waals surface area contributed by atoms with Gasteiger partial charge in [0, 0.05) is 33.9 Å². The Morgan fingerprint density at radius 1 is 0.886 bits per heavy atom. The van der Waals surface area contributed by atoms with Crippen molar-refractivity contribution in [3.8, 4) is 0 Å². The number of rotatable bonds is 8. The third kappa shape index (κ3) is 5.46. The van der Waals surface area contributed by atoms with E-state index in [0.717, 1.165) is 0 Å². The van der Waals surface area contributed by atoms with E-state index >= 15 is 0 Å². The fourth-order valence-corrected chi connectivity index (χ4v) is 6.16. The molecule has 4 atom stereocenters. The van der Waals surface area contributed by atoms with Crippen molar-refractivity contribution in [2.45, 2.75) is 50.7 Å². The molecular formula is C31H30ClN5O7. The van der Waals surface area contributed by atoms with Gasteiger partial charge in [-0.05, 0) is 22.7 Å². The maximum Gasteiger partial charge on any atom is 0.303 e. The molecule has 0 spiro atoms. The summed E-state index contributed by atoms with van der Waals surface area (Å²) in [7, 11) is 0. The fraction of sp³-hybridized carbons (Fsp3) is 0.355. The van der Waals surface area contributed by atoms with Crippen LogP contribution in [0.5, 0.6) is 0 Å². The molecule has 2 saturated heterocycles. The molecule has 0 bridgehead atoms. The first-order chi connectivity index (χ1) is 21.2. The van der Waals surface area contributed by atoms with E-state index in [1.165, 1.54) is 38.2 Å². The molecule has 2 aliphatic heterocycles. The smallest absolute Gasteiger partial charge is 0.303 e.